The first-order valence-electron chi connectivity index (χ1n) is 10.6. The number of rotatable bonds is 5. The predicted molar refractivity (Wildman–Crippen MR) is 122 cm³/mol. The van der Waals surface area contributed by atoms with Crippen LogP contribution in [0.4, 0.5) is 22.0 Å². The summed E-state index contributed by atoms with van der Waals surface area (Å²) in [6.07, 6.45) is -4.55. The Hall–Kier alpha value is -4.20. The fourth-order valence-corrected chi connectivity index (χ4v) is 3.91. The van der Waals surface area contributed by atoms with Gasteiger partial charge in [-0.3, -0.25) is 4.68 Å². The van der Waals surface area contributed by atoms with Gasteiger partial charge in [0.2, 0.25) is 0 Å². The summed E-state index contributed by atoms with van der Waals surface area (Å²) >= 11 is 0. The van der Waals surface area contributed by atoms with Crippen LogP contribution in [-0.4, -0.2) is 9.78 Å². The van der Waals surface area contributed by atoms with Gasteiger partial charge in [-0.2, -0.15) is 18.3 Å². The monoisotopic (exact) mass is 480 g/mol. The third-order valence-electron chi connectivity index (χ3n) is 5.51. The highest BCUT2D eigenvalue weighted by Crippen LogP contribution is 2.38. The van der Waals surface area contributed by atoms with Gasteiger partial charge in [0.05, 0.1) is 17.8 Å². The lowest BCUT2D eigenvalue weighted by Crippen LogP contribution is -2.06. The van der Waals surface area contributed by atoms with E-state index in [-0.39, 0.29) is 17.8 Å². The first kappa shape index (κ1) is 22.6. The molecule has 4 aromatic carbocycles. The van der Waals surface area contributed by atoms with Crippen molar-refractivity contribution in [2.24, 2.45) is 0 Å². The van der Waals surface area contributed by atoms with E-state index >= 15 is 0 Å². The second-order valence-electron chi connectivity index (χ2n) is 7.89. The fraction of sp³-hybridized carbons (Fsp3) is 0.0741. The highest BCUT2D eigenvalue weighted by atomic mass is 19.4. The van der Waals surface area contributed by atoms with E-state index in [9.17, 15) is 22.0 Å². The standard InChI is InChI=1S/C27H17F5N2O/c28-23-14-13-20(15-24(23)29)35-19-11-9-18(10-12-19)26-21-7-4-8-22(27(30,31)32)25(21)33-34(26)16-17-5-2-1-3-6-17/h1-15H,16H2. The zero-order valence-corrected chi connectivity index (χ0v) is 18.1. The summed E-state index contributed by atoms with van der Waals surface area (Å²) in [5.41, 5.74) is 1.09. The number of ether oxygens (including phenoxy) is 1. The molecule has 0 saturated carbocycles. The number of halogens is 5. The van der Waals surface area contributed by atoms with Crippen LogP contribution in [0.5, 0.6) is 11.5 Å². The zero-order valence-electron chi connectivity index (χ0n) is 18.1. The highest BCUT2D eigenvalue weighted by Gasteiger charge is 2.34. The van der Waals surface area contributed by atoms with Crippen LogP contribution in [0.3, 0.4) is 0 Å². The Morgan fingerprint density at radius 3 is 2.14 bits per heavy atom. The lowest BCUT2D eigenvalue weighted by Gasteiger charge is -2.10. The molecule has 35 heavy (non-hydrogen) atoms. The minimum Gasteiger partial charge on any atom is -0.457 e. The molecule has 0 bridgehead atoms. The summed E-state index contributed by atoms with van der Waals surface area (Å²) in [4.78, 5) is 0. The topological polar surface area (TPSA) is 27.1 Å². The van der Waals surface area contributed by atoms with E-state index in [1.165, 1.54) is 12.1 Å². The maximum absolute atomic E-state index is 13.7. The molecule has 0 atom stereocenters. The molecule has 0 spiro atoms. The predicted octanol–water partition coefficient (Wildman–Crippen LogP) is 7.84. The van der Waals surface area contributed by atoms with Crippen molar-refractivity contribution in [2.45, 2.75) is 12.7 Å². The Balaban J connectivity index is 1.57. The van der Waals surface area contributed by atoms with E-state index in [0.717, 1.165) is 23.8 Å². The van der Waals surface area contributed by atoms with Gasteiger partial charge >= 0.3 is 6.18 Å². The van der Waals surface area contributed by atoms with Crippen LogP contribution in [0.1, 0.15) is 11.1 Å². The van der Waals surface area contributed by atoms with Gasteiger partial charge in [-0.05, 0) is 48.0 Å². The van der Waals surface area contributed by atoms with E-state index in [0.29, 0.717) is 22.4 Å². The van der Waals surface area contributed by atoms with Gasteiger partial charge in [-0.15, -0.1) is 0 Å². The van der Waals surface area contributed by atoms with Crippen LogP contribution in [0.15, 0.2) is 91.0 Å². The van der Waals surface area contributed by atoms with Crippen molar-refractivity contribution in [1.82, 2.24) is 9.78 Å². The van der Waals surface area contributed by atoms with Crippen molar-refractivity contribution >= 4 is 10.9 Å². The van der Waals surface area contributed by atoms with Crippen molar-refractivity contribution in [3.8, 4) is 22.8 Å². The van der Waals surface area contributed by atoms with Crippen molar-refractivity contribution in [2.75, 3.05) is 0 Å². The van der Waals surface area contributed by atoms with E-state index in [2.05, 4.69) is 5.10 Å². The van der Waals surface area contributed by atoms with Gasteiger partial charge in [0, 0.05) is 17.0 Å². The molecule has 0 amide bonds. The molecule has 5 aromatic rings. The van der Waals surface area contributed by atoms with Gasteiger partial charge in [0.25, 0.3) is 0 Å². The minimum absolute atomic E-state index is 0.117. The van der Waals surface area contributed by atoms with E-state index in [1.54, 1.807) is 35.0 Å². The van der Waals surface area contributed by atoms with Gasteiger partial charge < -0.3 is 4.74 Å². The molecule has 1 heterocycles. The lowest BCUT2D eigenvalue weighted by molar-refractivity contribution is -0.136. The number of aromatic nitrogens is 2. The van der Waals surface area contributed by atoms with Crippen molar-refractivity contribution in [3.63, 3.8) is 0 Å². The second kappa shape index (κ2) is 8.87. The highest BCUT2D eigenvalue weighted by molar-refractivity contribution is 5.95. The molecule has 0 N–H and O–H groups in total. The molecular formula is C27H17F5N2O. The Kier molecular flexibility index (Phi) is 5.72. The second-order valence-corrected chi connectivity index (χ2v) is 7.89. The summed E-state index contributed by atoms with van der Waals surface area (Å²) in [7, 11) is 0. The Morgan fingerprint density at radius 1 is 0.743 bits per heavy atom. The summed E-state index contributed by atoms with van der Waals surface area (Å²) in [5.74, 6) is -1.54. The number of fused-ring (bicyclic) bond motifs is 1. The van der Waals surface area contributed by atoms with Crippen molar-refractivity contribution in [1.29, 1.82) is 0 Å². The Morgan fingerprint density at radius 2 is 1.46 bits per heavy atom. The SMILES string of the molecule is Fc1ccc(Oc2ccc(-c3c4cccc(C(F)(F)F)c4nn3Cc3ccccc3)cc2)cc1F. The summed E-state index contributed by atoms with van der Waals surface area (Å²) in [6.45, 7) is 0.273. The average Bonchev–Trinajstić information content (AvgIpc) is 3.20. The maximum atomic E-state index is 13.7. The summed E-state index contributed by atoms with van der Waals surface area (Å²) in [5, 5.41) is 4.71. The number of alkyl halides is 3. The molecule has 176 valence electrons. The number of hydrogen-bond donors (Lipinski definition) is 0. The molecule has 1 aromatic heterocycles. The van der Waals surface area contributed by atoms with Crippen LogP contribution in [-0.2, 0) is 12.7 Å². The maximum Gasteiger partial charge on any atom is 0.418 e. The smallest absolute Gasteiger partial charge is 0.418 e. The van der Waals surface area contributed by atoms with E-state index < -0.39 is 23.4 Å². The third-order valence-corrected chi connectivity index (χ3v) is 5.51. The Bertz CT molecular complexity index is 1490. The number of nitrogens with zero attached hydrogens (tertiary/aromatic N) is 2. The zero-order chi connectivity index (χ0) is 24.6. The minimum atomic E-state index is -4.55. The fourth-order valence-electron chi connectivity index (χ4n) is 3.91. The van der Waals surface area contributed by atoms with Crippen LogP contribution in [0, 0.1) is 11.6 Å². The van der Waals surface area contributed by atoms with Crippen molar-refractivity contribution < 1.29 is 26.7 Å². The normalized spacial score (nSPS) is 11.7. The molecular weight excluding hydrogens is 463 g/mol. The van der Waals surface area contributed by atoms with E-state index in [1.807, 2.05) is 30.3 Å². The van der Waals surface area contributed by atoms with Crippen LogP contribution in [0.25, 0.3) is 22.2 Å². The molecule has 0 aliphatic carbocycles. The van der Waals surface area contributed by atoms with E-state index in [4.69, 9.17) is 4.74 Å². The average molecular weight is 480 g/mol. The number of benzene rings is 4. The third kappa shape index (κ3) is 4.59. The summed E-state index contributed by atoms with van der Waals surface area (Å²) in [6, 6.07) is 23.1. The van der Waals surface area contributed by atoms with Gasteiger partial charge in [-0.25, -0.2) is 8.78 Å². The van der Waals surface area contributed by atoms with Gasteiger partial charge in [0.15, 0.2) is 11.6 Å². The molecule has 8 heteroatoms. The molecule has 0 aliphatic heterocycles. The van der Waals surface area contributed by atoms with Crippen LogP contribution >= 0.6 is 0 Å². The molecule has 5 rings (SSSR count). The van der Waals surface area contributed by atoms with Crippen LogP contribution in [0.2, 0.25) is 0 Å². The molecule has 0 saturated heterocycles. The first-order chi connectivity index (χ1) is 16.8. The van der Waals surface area contributed by atoms with Gasteiger partial charge in [0.1, 0.15) is 17.0 Å². The first-order valence-corrected chi connectivity index (χ1v) is 10.6. The molecule has 0 unspecified atom stereocenters. The van der Waals surface area contributed by atoms with Crippen molar-refractivity contribution in [3.05, 3.63) is 114 Å². The summed E-state index contributed by atoms with van der Waals surface area (Å²) < 4.78 is 74.8. The molecule has 3 nitrogen and oxygen atoms in total. The lowest BCUT2D eigenvalue weighted by atomic mass is 10.0. The van der Waals surface area contributed by atoms with Gasteiger partial charge in [-0.1, -0.05) is 42.5 Å². The van der Waals surface area contributed by atoms with Crippen LogP contribution < -0.4 is 4.74 Å². The quantitative estimate of drug-likeness (QED) is 0.240. The molecule has 0 radical (unpaired) electrons. The molecule has 0 fully saturated rings. The molecule has 0 aliphatic rings. The number of hydrogen-bond acceptors (Lipinski definition) is 2. The Labute approximate surface area is 197 Å². The largest absolute Gasteiger partial charge is 0.457 e.